The van der Waals surface area contributed by atoms with Gasteiger partial charge in [-0.3, -0.25) is 24.7 Å². The van der Waals surface area contributed by atoms with Gasteiger partial charge in [0.2, 0.25) is 0 Å². The number of aromatic nitrogens is 1. The molecule has 59 heavy (non-hydrogen) atoms. The lowest BCUT2D eigenvalue weighted by atomic mass is 10.1. The molecule has 2 fully saturated rings. The van der Waals surface area contributed by atoms with Crippen molar-refractivity contribution in [2.75, 3.05) is 52.0 Å². The van der Waals surface area contributed by atoms with Gasteiger partial charge in [-0.25, -0.2) is 14.7 Å². The van der Waals surface area contributed by atoms with Crippen LogP contribution in [0.25, 0.3) is 0 Å². The maximum absolute atomic E-state index is 14.0. The van der Waals surface area contributed by atoms with Crippen molar-refractivity contribution in [3.63, 3.8) is 0 Å². The van der Waals surface area contributed by atoms with Gasteiger partial charge >= 0.3 is 6.09 Å². The van der Waals surface area contributed by atoms with E-state index < -0.39 is 29.2 Å². The summed E-state index contributed by atoms with van der Waals surface area (Å²) in [7, 11) is 5.42. The van der Waals surface area contributed by atoms with Gasteiger partial charge in [-0.15, -0.1) is 0 Å². The number of aliphatic hydroxyl groups is 1. The number of anilines is 1. The van der Waals surface area contributed by atoms with Crippen LogP contribution < -0.4 is 23.8 Å². The molecule has 7 rings (SSSR count). The van der Waals surface area contributed by atoms with Gasteiger partial charge in [0.25, 0.3) is 17.5 Å². The largest absolute Gasteiger partial charge is 0.493 e. The SMILES string of the molecule is C=C1CC2C=Nc3cc(OCCCOc4cc5c(cc4OC)C(=O)N4CC(=C)C[C@H]4C(O)N5C(=O)OCC(C)SSc4cc([N+](=O)[O-])ccn4)c(OC)cc3C(=O)N2C1. The topological polar surface area (TPSA) is 196 Å². The van der Waals surface area contributed by atoms with Gasteiger partial charge in [-0.1, -0.05) is 35.1 Å². The highest BCUT2D eigenvalue weighted by Crippen LogP contribution is 2.43. The number of benzene rings is 2. The molecule has 4 atom stereocenters. The lowest BCUT2D eigenvalue weighted by molar-refractivity contribution is -0.385. The zero-order valence-electron chi connectivity index (χ0n) is 32.5. The number of methoxy groups -OCH3 is 2. The lowest BCUT2D eigenvalue weighted by Gasteiger charge is -2.31. The molecule has 0 saturated carbocycles. The zero-order chi connectivity index (χ0) is 42.0. The van der Waals surface area contributed by atoms with Crippen LogP contribution in [-0.2, 0) is 4.74 Å². The molecule has 5 heterocycles. The second-order valence-corrected chi connectivity index (χ2v) is 16.9. The first-order valence-electron chi connectivity index (χ1n) is 18.6. The minimum atomic E-state index is -1.49. The van der Waals surface area contributed by atoms with Crippen LogP contribution in [0.2, 0.25) is 0 Å². The Kier molecular flexibility index (Phi) is 12.3. The van der Waals surface area contributed by atoms with Crippen molar-refractivity contribution >= 4 is 62.8 Å². The lowest BCUT2D eigenvalue weighted by Crippen LogP contribution is -2.51. The van der Waals surface area contributed by atoms with Gasteiger partial charge in [-0.05, 0) is 42.7 Å². The van der Waals surface area contributed by atoms with Gasteiger partial charge < -0.3 is 38.6 Å². The average molecular weight is 847 g/mol. The molecule has 0 bridgehead atoms. The highest BCUT2D eigenvalue weighted by Gasteiger charge is 2.46. The Morgan fingerprint density at radius 3 is 2.34 bits per heavy atom. The molecule has 4 aliphatic rings. The molecule has 3 aromatic rings. The molecule has 0 radical (unpaired) electrons. The average Bonchev–Trinajstić information content (AvgIpc) is 3.77. The summed E-state index contributed by atoms with van der Waals surface area (Å²) in [6.45, 7) is 10.7. The van der Waals surface area contributed by atoms with E-state index in [2.05, 4.69) is 23.1 Å². The third-order valence-electron chi connectivity index (χ3n) is 10.1. The van der Waals surface area contributed by atoms with E-state index in [0.717, 1.165) is 16.0 Å². The number of ether oxygens (including phenoxy) is 5. The molecule has 1 N–H and O–H groups in total. The summed E-state index contributed by atoms with van der Waals surface area (Å²) >= 11 is 0. The number of hydrogen-bond acceptors (Lipinski definition) is 15. The molecule has 17 nitrogen and oxygen atoms in total. The quantitative estimate of drug-likeness (QED) is 0.0632. The number of nitrogens with zero attached hydrogens (tertiary/aromatic N) is 6. The summed E-state index contributed by atoms with van der Waals surface area (Å²) in [4.78, 5) is 64.9. The van der Waals surface area contributed by atoms with Crippen molar-refractivity contribution in [3.05, 3.63) is 88.1 Å². The smallest absolute Gasteiger partial charge is 0.416 e. The Morgan fingerprint density at radius 1 is 0.966 bits per heavy atom. The number of carbonyl (C=O) groups is 3. The number of amides is 3. The maximum Gasteiger partial charge on any atom is 0.416 e. The van der Waals surface area contributed by atoms with Crippen LogP contribution in [0.5, 0.6) is 23.0 Å². The van der Waals surface area contributed by atoms with Crippen LogP contribution in [0.15, 0.2) is 76.9 Å². The highest BCUT2D eigenvalue weighted by atomic mass is 33.1. The number of pyridine rings is 1. The molecular weight excluding hydrogens is 805 g/mol. The fourth-order valence-electron chi connectivity index (χ4n) is 7.19. The molecule has 310 valence electrons. The van der Waals surface area contributed by atoms with Crippen LogP contribution in [-0.4, -0.2) is 120 Å². The second kappa shape index (κ2) is 17.6. The highest BCUT2D eigenvalue weighted by molar-refractivity contribution is 8.76. The predicted molar refractivity (Wildman–Crippen MR) is 221 cm³/mol. The fourth-order valence-corrected chi connectivity index (χ4v) is 9.08. The summed E-state index contributed by atoms with van der Waals surface area (Å²) in [6, 6.07) is 7.98. The molecule has 4 aliphatic heterocycles. The van der Waals surface area contributed by atoms with Crippen molar-refractivity contribution in [2.45, 2.75) is 54.8 Å². The first-order chi connectivity index (χ1) is 28.4. The Labute approximate surface area is 347 Å². The third kappa shape index (κ3) is 8.67. The first kappa shape index (κ1) is 41.4. The van der Waals surface area contributed by atoms with E-state index >= 15 is 0 Å². The third-order valence-corrected chi connectivity index (χ3v) is 12.8. The molecule has 3 unspecified atom stereocenters. The summed E-state index contributed by atoms with van der Waals surface area (Å²) < 4.78 is 29.1. The van der Waals surface area contributed by atoms with E-state index in [-0.39, 0.29) is 78.4 Å². The predicted octanol–water partition coefficient (Wildman–Crippen LogP) is 6.22. The van der Waals surface area contributed by atoms with Gasteiger partial charge in [-0.2, -0.15) is 0 Å². The van der Waals surface area contributed by atoms with Crippen molar-refractivity contribution in [3.8, 4) is 23.0 Å². The van der Waals surface area contributed by atoms with Crippen molar-refractivity contribution in [1.29, 1.82) is 0 Å². The van der Waals surface area contributed by atoms with Crippen LogP contribution in [0.1, 0.15) is 46.9 Å². The monoisotopic (exact) mass is 846 g/mol. The van der Waals surface area contributed by atoms with Crippen molar-refractivity contribution < 1.29 is 48.1 Å². The van der Waals surface area contributed by atoms with Gasteiger partial charge in [0.05, 0.1) is 66.9 Å². The number of aliphatic hydroxyl groups excluding tert-OH is 1. The molecule has 1 aromatic heterocycles. The minimum Gasteiger partial charge on any atom is -0.493 e. The standard InChI is InChI=1S/C40H42N6O11S2/c1-22-11-26-18-42-29-16-34(32(53-4)14-27(29)37(47)43(26)19-22)55-9-6-10-56-35-17-30-28(15-33(35)54-5)38(48)44-20-23(2)12-31(44)39(49)45(30)40(50)57-21-24(3)58-59-36-13-25(46(51)52)7-8-41-36/h7-8,13-18,24,26,31,39,49H,1-2,6,9-12,19-21H2,3-5H3/t24?,26?,31-,39?/m0/s1. The molecule has 2 saturated heterocycles. The van der Waals surface area contributed by atoms with E-state index in [1.54, 1.807) is 30.2 Å². The minimum absolute atomic E-state index is 0.0737. The van der Waals surface area contributed by atoms with Gasteiger partial charge in [0.1, 0.15) is 11.6 Å². The number of rotatable bonds is 14. The Balaban J connectivity index is 1.04. The normalized spacial score (nSPS) is 19.9. The Hall–Kier alpha value is -5.79. The maximum atomic E-state index is 14.0. The Morgan fingerprint density at radius 2 is 1.63 bits per heavy atom. The van der Waals surface area contributed by atoms with Crippen LogP contribution >= 0.6 is 21.6 Å². The van der Waals surface area contributed by atoms with E-state index in [4.69, 9.17) is 23.7 Å². The van der Waals surface area contributed by atoms with Gasteiger partial charge in [0, 0.05) is 61.4 Å². The fraction of sp³-hybridized carbons (Fsp3) is 0.375. The number of carbonyl (C=O) groups excluding carboxylic acids is 3. The van der Waals surface area contributed by atoms with Gasteiger partial charge in [0.15, 0.2) is 29.2 Å². The number of fused-ring (bicyclic) bond motifs is 4. The summed E-state index contributed by atoms with van der Waals surface area (Å²) in [6.07, 6.45) is 2.05. The zero-order valence-corrected chi connectivity index (χ0v) is 34.2. The first-order valence-corrected chi connectivity index (χ1v) is 20.8. The van der Waals surface area contributed by atoms with E-state index in [1.807, 2.05) is 0 Å². The molecule has 19 heteroatoms. The molecule has 2 aromatic carbocycles. The second-order valence-electron chi connectivity index (χ2n) is 14.2. The molecule has 0 spiro atoms. The summed E-state index contributed by atoms with van der Waals surface area (Å²) in [5, 5.41) is 23.0. The Bertz CT molecular complexity index is 2240. The molecule has 3 amide bonds. The van der Waals surface area contributed by atoms with E-state index in [0.29, 0.717) is 47.2 Å². The summed E-state index contributed by atoms with van der Waals surface area (Å²) in [5.74, 6) is 0.645. The molecule has 0 aliphatic carbocycles. The van der Waals surface area contributed by atoms with Crippen molar-refractivity contribution in [1.82, 2.24) is 14.8 Å². The van der Waals surface area contributed by atoms with Crippen LogP contribution in [0, 0.1) is 10.1 Å². The van der Waals surface area contributed by atoms with E-state index in [1.165, 1.54) is 71.2 Å². The van der Waals surface area contributed by atoms with Crippen molar-refractivity contribution in [2.24, 2.45) is 4.99 Å². The van der Waals surface area contributed by atoms with Crippen LogP contribution in [0.4, 0.5) is 21.9 Å². The van der Waals surface area contributed by atoms with E-state index in [9.17, 15) is 29.6 Å². The number of nitro groups is 1. The summed E-state index contributed by atoms with van der Waals surface area (Å²) in [5.41, 5.74) is 2.67. The molecular formula is C40H42N6O11S2. The number of aliphatic imine (C=N–C) groups is 1. The van der Waals surface area contributed by atoms with Crippen LogP contribution in [0.3, 0.4) is 0 Å². The number of hydrogen-bond donors (Lipinski definition) is 1.